The number of urea groups is 1. The van der Waals surface area contributed by atoms with Crippen LogP contribution in [0.2, 0.25) is 5.02 Å². The largest absolute Gasteiger partial charge is 0.323 e. The third kappa shape index (κ3) is 4.38. The molecule has 1 heterocycles. The molecule has 1 aliphatic rings. The van der Waals surface area contributed by atoms with Crippen molar-refractivity contribution < 1.29 is 14.4 Å². The van der Waals surface area contributed by atoms with E-state index in [1.165, 1.54) is 4.90 Å². The first-order valence-electron chi connectivity index (χ1n) is 9.81. The normalized spacial score (nSPS) is 15.3. The van der Waals surface area contributed by atoms with Crippen molar-refractivity contribution in [3.63, 3.8) is 0 Å². The quantitative estimate of drug-likeness (QED) is 0.643. The number of hydrogen-bond acceptors (Lipinski definition) is 4. The number of anilines is 1. The maximum Gasteiger partial charge on any atom is 0.323 e. The SMILES string of the molecule is CN1C(=O)C(NC(=O)NC(=O)c2ccccc2)N=C(c2ccccc2)c2cc(Cl)ccc21. The van der Waals surface area contributed by atoms with Crippen LogP contribution in [0.25, 0.3) is 0 Å². The summed E-state index contributed by atoms with van der Waals surface area (Å²) < 4.78 is 0. The molecule has 1 atom stereocenters. The van der Waals surface area contributed by atoms with E-state index in [2.05, 4.69) is 15.6 Å². The van der Waals surface area contributed by atoms with Gasteiger partial charge in [-0.15, -0.1) is 0 Å². The summed E-state index contributed by atoms with van der Waals surface area (Å²) in [5.41, 5.74) is 2.84. The average Bonchev–Trinajstić information content (AvgIpc) is 2.90. The number of aliphatic imine (C=N–C) groups is 1. The summed E-state index contributed by atoms with van der Waals surface area (Å²) in [6.45, 7) is 0. The van der Waals surface area contributed by atoms with Crippen molar-refractivity contribution in [3.05, 3.63) is 101 Å². The number of halogens is 1. The zero-order valence-electron chi connectivity index (χ0n) is 17.1. The van der Waals surface area contributed by atoms with Crippen molar-refractivity contribution in [1.29, 1.82) is 0 Å². The van der Waals surface area contributed by atoms with Crippen LogP contribution < -0.4 is 15.5 Å². The van der Waals surface area contributed by atoms with E-state index in [0.29, 0.717) is 27.5 Å². The summed E-state index contributed by atoms with van der Waals surface area (Å²) >= 11 is 6.23. The number of benzodiazepines with no additional fused rings is 1. The van der Waals surface area contributed by atoms with Crippen LogP contribution in [0.15, 0.2) is 83.9 Å². The van der Waals surface area contributed by atoms with Crippen molar-refractivity contribution in [2.75, 3.05) is 11.9 Å². The summed E-state index contributed by atoms with van der Waals surface area (Å²) in [4.78, 5) is 43.9. The highest BCUT2D eigenvalue weighted by molar-refractivity contribution is 6.32. The van der Waals surface area contributed by atoms with Crippen molar-refractivity contribution in [2.24, 2.45) is 4.99 Å². The summed E-state index contributed by atoms with van der Waals surface area (Å²) in [7, 11) is 1.60. The van der Waals surface area contributed by atoms with Gasteiger partial charge in [-0.25, -0.2) is 9.79 Å². The Kier molecular flexibility index (Phi) is 6.00. The van der Waals surface area contributed by atoms with E-state index in [1.54, 1.807) is 55.6 Å². The number of likely N-dealkylation sites (N-methyl/N-ethyl adjacent to an activating group) is 1. The van der Waals surface area contributed by atoms with Crippen molar-refractivity contribution in [3.8, 4) is 0 Å². The molecule has 0 bridgehead atoms. The molecule has 0 spiro atoms. The van der Waals surface area contributed by atoms with E-state index in [-0.39, 0.29) is 0 Å². The fraction of sp³-hybridized carbons (Fsp3) is 0.0833. The molecule has 32 heavy (non-hydrogen) atoms. The first-order chi connectivity index (χ1) is 15.4. The van der Waals surface area contributed by atoms with Gasteiger partial charge in [0.25, 0.3) is 11.8 Å². The van der Waals surface area contributed by atoms with Gasteiger partial charge in [-0.2, -0.15) is 0 Å². The number of nitrogens with one attached hydrogen (secondary N) is 2. The van der Waals surface area contributed by atoms with Crippen LogP contribution in [-0.4, -0.2) is 36.8 Å². The summed E-state index contributed by atoms with van der Waals surface area (Å²) in [5, 5.41) is 5.23. The number of amides is 4. The standard InChI is InChI=1S/C24H19ClN4O3/c1-29-19-13-12-17(25)14-18(19)20(15-8-4-2-5-9-15)26-21(23(29)31)27-24(32)28-22(30)16-10-6-3-7-11-16/h2-14,21H,1H3,(H2,27,28,30,32). The third-order valence-electron chi connectivity index (χ3n) is 4.98. The molecule has 0 aromatic heterocycles. The van der Waals surface area contributed by atoms with E-state index < -0.39 is 24.0 Å². The minimum Gasteiger partial charge on any atom is -0.311 e. The predicted octanol–water partition coefficient (Wildman–Crippen LogP) is 3.62. The van der Waals surface area contributed by atoms with Gasteiger partial charge >= 0.3 is 6.03 Å². The predicted molar refractivity (Wildman–Crippen MR) is 123 cm³/mol. The van der Waals surface area contributed by atoms with Gasteiger partial charge in [0.15, 0.2) is 0 Å². The Morgan fingerprint density at radius 1 is 0.969 bits per heavy atom. The fourth-order valence-electron chi connectivity index (χ4n) is 3.39. The van der Waals surface area contributed by atoms with Crippen LogP contribution in [0.1, 0.15) is 21.5 Å². The van der Waals surface area contributed by atoms with Gasteiger partial charge < -0.3 is 10.2 Å². The Morgan fingerprint density at radius 3 is 2.31 bits per heavy atom. The molecule has 1 aliphatic heterocycles. The van der Waals surface area contributed by atoms with Gasteiger partial charge in [0.1, 0.15) is 0 Å². The molecule has 7 nitrogen and oxygen atoms in total. The fourth-order valence-corrected chi connectivity index (χ4v) is 3.56. The van der Waals surface area contributed by atoms with Crippen LogP contribution in [0.3, 0.4) is 0 Å². The lowest BCUT2D eigenvalue weighted by molar-refractivity contribution is -0.119. The molecule has 0 aliphatic carbocycles. The smallest absolute Gasteiger partial charge is 0.311 e. The number of rotatable bonds is 3. The van der Waals surface area contributed by atoms with Crippen LogP contribution in [0.5, 0.6) is 0 Å². The van der Waals surface area contributed by atoms with Crippen LogP contribution in [0.4, 0.5) is 10.5 Å². The number of nitrogens with zero attached hydrogens (tertiary/aromatic N) is 2. The summed E-state index contributed by atoms with van der Waals surface area (Å²) in [6.07, 6.45) is -1.25. The minimum absolute atomic E-state index is 0.322. The number of fused-ring (bicyclic) bond motifs is 1. The number of benzene rings is 3. The van der Waals surface area contributed by atoms with E-state index in [0.717, 1.165) is 5.56 Å². The highest BCUT2D eigenvalue weighted by atomic mass is 35.5. The molecule has 3 aromatic carbocycles. The number of carbonyl (C=O) groups is 3. The molecular weight excluding hydrogens is 428 g/mol. The van der Waals surface area contributed by atoms with Crippen molar-refractivity contribution in [2.45, 2.75) is 6.17 Å². The van der Waals surface area contributed by atoms with Gasteiger partial charge in [0, 0.05) is 28.8 Å². The zero-order valence-corrected chi connectivity index (χ0v) is 17.8. The first-order valence-corrected chi connectivity index (χ1v) is 10.2. The average molecular weight is 447 g/mol. The van der Waals surface area contributed by atoms with E-state index >= 15 is 0 Å². The maximum atomic E-state index is 13.1. The lowest BCUT2D eigenvalue weighted by Crippen LogP contribution is -2.50. The van der Waals surface area contributed by atoms with E-state index in [1.807, 2.05) is 30.3 Å². The first kappa shape index (κ1) is 21.3. The molecule has 0 saturated carbocycles. The lowest BCUT2D eigenvalue weighted by Gasteiger charge is -2.21. The van der Waals surface area contributed by atoms with Crippen LogP contribution >= 0.6 is 11.6 Å². The van der Waals surface area contributed by atoms with Gasteiger partial charge in [-0.1, -0.05) is 60.1 Å². The lowest BCUT2D eigenvalue weighted by atomic mass is 10.0. The van der Waals surface area contributed by atoms with Gasteiger partial charge in [-0.05, 0) is 30.3 Å². The Hall–Kier alpha value is -3.97. The molecule has 4 rings (SSSR count). The molecular formula is C24H19ClN4O3. The number of carbonyl (C=O) groups excluding carboxylic acids is 3. The Labute approximate surface area is 189 Å². The Morgan fingerprint density at radius 2 is 1.62 bits per heavy atom. The second-order valence-electron chi connectivity index (χ2n) is 7.10. The molecule has 160 valence electrons. The second-order valence-corrected chi connectivity index (χ2v) is 7.54. The second kappa shape index (κ2) is 9.03. The van der Waals surface area contributed by atoms with Crippen molar-refractivity contribution >= 4 is 40.8 Å². The number of imide groups is 1. The van der Waals surface area contributed by atoms with Crippen LogP contribution in [0, 0.1) is 0 Å². The molecule has 0 radical (unpaired) electrons. The zero-order chi connectivity index (χ0) is 22.7. The Balaban J connectivity index is 1.67. The Bertz CT molecular complexity index is 1210. The van der Waals surface area contributed by atoms with Crippen LogP contribution in [-0.2, 0) is 4.79 Å². The molecule has 1 unspecified atom stereocenters. The summed E-state index contributed by atoms with van der Waals surface area (Å²) in [6, 6.07) is 21.9. The summed E-state index contributed by atoms with van der Waals surface area (Å²) in [5.74, 6) is -1.04. The van der Waals surface area contributed by atoms with E-state index in [9.17, 15) is 14.4 Å². The monoisotopic (exact) mass is 446 g/mol. The van der Waals surface area contributed by atoms with E-state index in [4.69, 9.17) is 11.6 Å². The van der Waals surface area contributed by atoms with Crippen molar-refractivity contribution in [1.82, 2.24) is 10.6 Å². The highest BCUT2D eigenvalue weighted by Gasteiger charge is 2.31. The molecule has 2 N–H and O–H groups in total. The number of hydrogen-bond donors (Lipinski definition) is 2. The minimum atomic E-state index is -1.25. The molecule has 0 saturated heterocycles. The highest BCUT2D eigenvalue weighted by Crippen LogP contribution is 2.29. The topological polar surface area (TPSA) is 90.9 Å². The molecule has 3 aromatic rings. The maximum absolute atomic E-state index is 13.1. The molecule has 8 heteroatoms. The van der Waals surface area contributed by atoms with Gasteiger partial charge in [-0.3, -0.25) is 14.9 Å². The van der Waals surface area contributed by atoms with Gasteiger partial charge in [0.2, 0.25) is 6.17 Å². The van der Waals surface area contributed by atoms with Gasteiger partial charge in [0.05, 0.1) is 11.4 Å². The molecule has 4 amide bonds. The molecule has 0 fully saturated rings. The third-order valence-corrected chi connectivity index (χ3v) is 5.21.